The van der Waals surface area contributed by atoms with Crippen molar-refractivity contribution in [1.29, 1.82) is 0 Å². The van der Waals surface area contributed by atoms with E-state index in [1.807, 2.05) is 6.92 Å². The van der Waals surface area contributed by atoms with Crippen LogP contribution in [0, 0.1) is 5.92 Å². The standard InChI is InChI=1S/C25H29N3O5/c1-5-11-33-25(31)22-17(9-10-20(28-22)24(30)27-14-15-7-8-15)18-13-21(32-4)16(6-2)12-19(18)23(29)26-3/h6,9-10,12-13,15H,2,5,7-8,11,14H2,1,3-4H3,(H,26,29)(H,27,30). The molecule has 1 aromatic carbocycles. The van der Waals surface area contributed by atoms with Gasteiger partial charge in [-0.2, -0.15) is 0 Å². The molecule has 1 aromatic heterocycles. The van der Waals surface area contributed by atoms with Crippen LogP contribution in [-0.4, -0.2) is 50.1 Å². The summed E-state index contributed by atoms with van der Waals surface area (Å²) in [5.41, 5.74) is 1.80. The first-order chi connectivity index (χ1) is 15.9. The Morgan fingerprint density at radius 3 is 2.55 bits per heavy atom. The minimum Gasteiger partial charge on any atom is -0.496 e. The highest BCUT2D eigenvalue weighted by molar-refractivity contribution is 6.06. The fourth-order valence-corrected chi connectivity index (χ4v) is 3.35. The highest BCUT2D eigenvalue weighted by atomic mass is 16.5. The van der Waals surface area contributed by atoms with Gasteiger partial charge >= 0.3 is 5.97 Å². The van der Waals surface area contributed by atoms with Gasteiger partial charge in [0.2, 0.25) is 0 Å². The molecule has 3 rings (SSSR count). The summed E-state index contributed by atoms with van der Waals surface area (Å²) in [7, 11) is 3.03. The molecule has 0 bridgehead atoms. The zero-order chi connectivity index (χ0) is 24.0. The summed E-state index contributed by atoms with van der Waals surface area (Å²) in [5, 5.41) is 5.46. The number of ether oxygens (including phenoxy) is 2. The molecule has 0 saturated heterocycles. The first-order valence-corrected chi connectivity index (χ1v) is 11.0. The van der Waals surface area contributed by atoms with Crippen LogP contribution in [0.1, 0.15) is 63.1 Å². The van der Waals surface area contributed by atoms with E-state index >= 15 is 0 Å². The second kappa shape index (κ2) is 10.8. The Balaban J connectivity index is 2.13. The summed E-state index contributed by atoms with van der Waals surface area (Å²) >= 11 is 0. The average Bonchev–Trinajstić information content (AvgIpc) is 3.68. The molecule has 1 heterocycles. The normalized spacial score (nSPS) is 12.6. The Labute approximate surface area is 193 Å². The lowest BCUT2D eigenvalue weighted by Gasteiger charge is -2.16. The zero-order valence-corrected chi connectivity index (χ0v) is 19.2. The number of benzene rings is 1. The lowest BCUT2D eigenvalue weighted by atomic mass is 9.94. The van der Waals surface area contributed by atoms with Gasteiger partial charge in [0.25, 0.3) is 11.8 Å². The Morgan fingerprint density at radius 2 is 1.94 bits per heavy atom. The molecule has 2 N–H and O–H groups in total. The van der Waals surface area contributed by atoms with Crippen molar-refractivity contribution in [1.82, 2.24) is 15.6 Å². The monoisotopic (exact) mass is 451 g/mol. The number of amides is 2. The highest BCUT2D eigenvalue weighted by Gasteiger charge is 2.25. The number of nitrogens with zero attached hydrogens (tertiary/aromatic N) is 1. The van der Waals surface area contributed by atoms with Crippen LogP contribution < -0.4 is 15.4 Å². The van der Waals surface area contributed by atoms with E-state index in [2.05, 4.69) is 22.2 Å². The van der Waals surface area contributed by atoms with Crippen LogP contribution in [-0.2, 0) is 4.74 Å². The summed E-state index contributed by atoms with van der Waals surface area (Å²) < 4.78 is 10.8. The number of carbonyl (C=O) groups is 3. The van der Waals surface area contributed by atoms with Gasteiger partial charge in [-0.15, -0.1) is 0 Å². The predicted octanol–water partition coefficient (Wildman–Crippen LogP) is 3.47. The number of aromatic nitrogens is 1. The molecular weight excluding hydrogens is 422 g/mol. The third-order valence-corrected chi connectivity index (χ3v) is 5.36. The molecule has 2 amide bonds. The summed E-state index contributed by atoms with van der Waals surface area (Å²) in [6, 6.07) is 6.44. The van der Waals surface area contributed by atoms with Gasteiger partial charge in [0.15, 0.2) is 5.69 Å². The average molecular weight is 452 g/mol. The van der Waals surface area contributed by atoms with Crippen LogP contribution in [0.5, 0.6) is 5.75 Å². The molecule has 1 fully saturated rings. The Morgan fingerprint density at radius 1 is 1.18 bits per heavy atom. The highest BCUT2D eigenvalue weighted by Crippen LogP contribution is 2.34. The maximum Gasteiger partial charge on any atom is 0.357 e. The number of methoxy groups -OCH3 is 1. The Hall–Kier alpha value is -3.68. The SMILES string of the molecule is C=Cc1cc(C(=O)NC)c(-c2ccc(C(=O)NCC3CC3)nc2C(=O)OCCC)cc1OC. The van der Waals surface area contributed by atoms with Gasteiger partial charge in [-0.3, -0.25) is 9.59 Å². The molecular formula is C25H29N3O5. The number of carbonyl (C=O) groups excluding carboxylic acids is 3. The van der Waals surface area contributed by atoms with Crippen molar-refractivity contribution < 1.29 is 23.9 Å². The third-order valence-electron chi connectivity index (χ3n) is 5.36. The number of pyridine rings is 1. The molecule has 1 aliphatic carbocycles. The molecule has 0 spiro atoms. The van der Waals surface area contributed by atoms with Crippen molar-refractivity contribution in [2.45, 2.75) is 26.2 Å². The van der Waals surface area contributed by atoms with Gasteiger partial charge < -0.3 is 20.1 Å². The van der Waals surface area contributed by atoms with Gasteiger partial charge in [-0.25, -0.2) is 9.78 Å². The number of hydrogen-bond acceptors (Lipinski definition) is 6. The Bertz CT molecular complexity index is 1080. The van der Waals surface area contributed by atoms with Crippen LogP contribution in [0.3, 0.4) is 0 Å². The summed E-state index contributed by atoms with van der Waals surface area (Å²) in [5.74, 6) is -0.391. The van der Waals surface area contributed by atoms with E-state index < -0.39 is 5.97 Å². The van der Waals surface area contributed by atoms with E-state index in [1.165, 1.54) is 20.2 Å². The molecule has 0 radical (unpaired) electrons. The fraction of sp³-hybridized carbons (Fsp3) is 0.360. The largest absolute Gasteiger partial charge is 0.496 e. The van der Waals surface area contributed by atoms with Crippen LogP contribution in [0.15, 0.2) is 30.8 Å². The number of rotatable bonds is 10. The van der Waals surface area contributed by atoms with E-state index in [0.717, 1.165) is 12.8 Å². The van der Waals surface area contributed by atoms with Gasteiger partial charge in [0, 0.05) is 35.8 Å². The van der Waals surface area contributed by atoms with Crippen molar-refractivity contribution in [3.05, 3.63) is 53.4 Å². The lowest BCUT2D eigenvalue weighted by molar-refractivity contribution is 0.0499. The first-order valence-electron chi connectivity index (χ1n) is 11.0. The molecule has 174 valence electrons. The van der Waals surface area contributed by atoms with Crippen LogP contribution in [0.2, 0.25) is 0 Å². The molecule has 0 unspecified atom stereocenters. The zero-order valence-electron chi connectivity index (χ0n) is 19.2. The number of nitrogens with one attached hydrogen (secondary N) is 2. The van der Waals surface area contributed by atoms with Crippen molar-refractivity contribution in [3.63, 3.8) is 0 Å². The summed E-state index contributed by atoms with van der Waals surface area (Å²) in [4.78, 5) is 42.5. The number of hydrogen-bond donors (Lipinski definition) is 2. The van der Waals surface area contributed by atoms with Gasteiger partial charge in [-0.1, -0.05) is 19.6 Å². The quantitative estimate of drug-likeness (QED) is 0.536. The van der Waals surface area contributed by atoms with Gasteiger partial charge in [-0.05, 0) is 49.4 Å². The fourth-order valence-electron chi connectivity index (χ4n) is 3.35. The van der Waals surface area contributed by atoms with E-state index in [9.17, 15) is 14.4 Å². The van der Waals surface area contributed by atoms with Crippen LogP contribution in [0.25, 0.3) is 17.2 Å². The van der Waals surface area contributed by atoms with E-state index in [4.69, 9.17) is 9.47 Å². The maximum atomic E-state index is 12.9. The Kier molecular flexibility index (Phi) is 7.82. The van der Waals surface area contributed by atoms with Gasteiger partial charge in [0.1, 0.15) is 11.4 Å². The minimum absolute atomic E-state index is 0.0407. The third kappa shape index (κ3) is 5.58. The molecule has 1 saturated carbocycles. The molecule has 8 nitrogen and oxygen atoms in total. The van der Waals surface area contributed by atoms with E-state index in [0.29, 0.717) is 46.9 Å². The smallest absolute Gasteiger partial charge is 0.357 e. The molecule has 2 aromatic rings. The molecule has 0 atom stereocenters. The second-order valence-electron chi connectivity index (χ2n) is 7.80. The van der Waals surface area contributed by atoms with Gasteiger partial charge in [0.05, 0.1) is 13.7 Å². The number of esters is 1. The minimum atomic E-state index is -0.668. The first kappa shape index (κ1) is 24.0. The topological polar surface area (TPSA) is 107 Å². The second-order valence-corrected chi connectivity index (χ2v) is 7.80. The van der Waals surface area contributed by atoms with Crippen molar-refractivity contribution >= 4 is 23.9 Å². The lowest BCUT2D eigenvalue weighted by Crippen LogP contribution is -2.27. The van der Waals surface area contributed by atoms with E-state index in [-0.39, 0.29) is 29.8 Å². The predicted molar refractivity (Wildman–Crippen MR) is 125 cm³/mol. The van der Waals surface area contributed by atoms with Crippen molar-refractivity contribution in [2.24, 2.45) is 5.92 Å². The molecule has 0 aliphatic heterocycles. The summed E-state index contributed by atoms with van der Waals surface area (Å²) in [6.45, 7) is 6.44. The van der Waals surface area contributed by atoms with Crippen molar-refractivity contribution in [2.75, 3.05) is 27.3 Å². The maximum absolute atomic E-state index is 12.9. The molecule has 33 heavy (non-hydrogen) atoms. The van der Waals surface area contributed by atoms with Crippen LogP contribution >= 0.6 is 0 Å². The summed E-state index contributed by atoms with van der Waals surface area (Å²) in [6.07, 6.45) is 4.42. The van der Waals surface area contributed by atoms with Crippen molar-refractivity contribution in [3.8, 4) is 16.9 Å². The molecule has 8 heteroatoms. The van der Waals surface area contributed by atoms with Crippen LogP contribution in [0.4, 0.5) is 0 Å². The van der Waals surface area contributed by atoms with E-state index in [1.54, 1.807) is 24.3 Å². The molecule has 1 aliphatic rings.